The van der Waals surface area contributed by atoms with Crippen LogP contribution in [0.3, 0.4) is 0 Å². The molecule has 2 heterocycles. The normalized spacial score (nSPS) is 15.8. The predicted octanol–water partition coefficient (Wildman–Crippen LogP) is 5.71. The van der Waals surface area contributed by atoms with Crippen LogP contribution in [-0.2, 0) is 10.5 Å². The van der Waals surface area contributed by atoms with Crippen LogP contribution in [0.4, 0.5) is 10.1 Å². The van der Waals surface area contributed by atoms with Crippen LogP contribution >= 0.6 is 11.8 Å². The lowest BCUT2D eigenvalue weighted by atomic mass is 10.1. The van der Waals surface area contributed by atoms with Crippen molar-refractivity contribution < 1.29 is 18.7 Å². The Morgan fingerprint density at radius 2 is 1.97 bits per heavy atom. The first-order valence-corrected chi connectivity index (χ1v) is 11.6. The molecule has 0 radical (unpaired) electrons. The van der Waals surface area contributed by atoms with Crippen molar-refractivity contribution in [1.82, 2.24) is 4.98 Å². The molecule has 0 spiro atoms. The number of thioether (sulfide) groups is 1. The van der Waals surface area contributed by atoms with Crippen LogP contribution in [0, 0.1) is 5.82 Å². The van der Waals surface area contributed by atoms with E-state index in [4.69, 9.17) is 9.47 Å². The smallest absolute Gasteiger partial charge is 0.258 e. The molecule has 4 rings (SSSR count). The molecule has 1 aliphatic rings. The van der Waals surface area contributed by atoms with Crippen molar-refractivity contribution in [3.05, 3.63) is 83.8 Å². The van der Waals surface area contributed by atoms with Gasteiger partial charge < -0.3 is 14.8 Å². The van der Waals surface area contributed by atoms with Gasteiger partial charge in [-0.05, 0) is 61.2 Å². The van der Waals surface area contributed by atoms with Crippen molar-refractivity contribution in [2.45, 2.75) is 36.1 Å². The molecule has 166 valence electrons. The number of benzene rings is 2. The highest BCUT2D eigenvalue weighted by atomic mass is 32.2. The number of nitrogens with one attached hydrogen (secondary N) is 1. The molecule has 3 aromatic rings. The average molecular weight is 453 g/mol. The lowest BCUT2D eigenvalue weighted by Crippen LogP contribution is -2.26. The van der Waals surface area contributed by atoms with Gasteiger partial charge >= 0.3 is 0 Å². The van der Waals surface area contributed by atoms with Gasteiger partial charge in [0.15, 0.2) is 0 Å². The van der Waals surface area contributed by atoms with Gasteiger partial charge in [0.25, 0.3) is 5.91 Å². The quantitative estimate of drug-likeness (QED) is 0.444. The summed E-state index contributed by atoms with van der Waals surface area (Å²) in [6.45, 7) is 1.23. The molecule has 1 N–H and O–H groups in total. The molecule has 1 unspecified atom stereocenters. The Labute approximate surface area is 191 Å². The highest BCUT2D eigenvalue weighted by Gasteiger charge is 2.17. The van der Waals surface area contributed by atoms with Gasteiger partial charge in [-0.2, -0.15) is 0 Å². The highest BCUT2D eigenvalue weighted by Crippen LogP contribution is 2.28. The molecule has 1 saturated heterocycles. The first-order chi connectivity index (χ1) is 15.7. The Hall–Kier alpha value is -2.90. The van der Waals surface area contributed by atoms with Gasteiger partial charge in [-0.1, -0.05) is 24.3 Å². The zero-order chi connectivity index (χ0) is 22.2. The third-order valence-electron chi connectivity index (χ3n) is 5.14. The predicted molar refractivity (Wildman–Crippen MR) is 124 cm³/mol. The second kappa shape index (κ2) is 11.1. The van der Waals surface area contributed by atoms with E-state index in [0.29, 0.717) is 34.4 Å². The van der Waals surface area contributed by atoms with Crippen LogP contribution in [0.25, 0.3) is 0 Å². The monoisotopic (exact) mass is 452 g/mol. The number of aromatic nitrogens is 1. The van der Waals surface area contributed by atoms with Crippen LogP contribution < -0.4 is 10.1 Å². The Balaban J connectivity index is 1.42. The summed E-state index contributed by atoms with van der Waals surface area (Å²) < 4.78 is 24.8. The summed E-state index contributed by atoms with van der Waals surface area (Å²) >= 11 is 1.44. The highest BCUT2D eigenvalue weighted by molar-refractivity contribution is 7.98. The SMILES string of the molecule is O=C(Nc1ccccc1OCC1CCCCO1)c1cccnc1SCc1ccc(F)cc1. The summed E-state index contributed by atoms with van der Waals surface area (Å²) in [4.78, 5) is 17.4. The molecular formula is C25H25FN2O3S. The van der Waals surface area contributed by atoms with Crippen LogP contribution in [0.2, 0.25) is 0 Å². The third-order valence-corrected chi connectivity index (χ3v) is 6.22. The summed E-state index contributed by atoms with van der Waals surface area (Å²) in [6.07, 6.45) is 4.96. The third kappa shape index (κ3) is 6.08. The Kier molecular flexibility index (Phi) is 7.74. The summed E-state index contributed by atoms with van der Waals surface area (Å²) in [7, 11) is 0. The number of amides is 1. The number of para-hydroxylation sites is 2. The molecule has 1 amide bonds. The number of carbonyl (C=O) groups is 1. The largest absolute Gasteiger partial charge is 0.489 e. The zero-order valence-corrected chi connectivity index (χ0v) is 18.4. The maximum Gasteiger partial charge on any atom is 0.258 e. The number of ether oxygens (including phenoxy) is 2. The minimum atomic E-state index is -0.271. The molecule has 1 fully saturated rings. The molecule has 32 heavy (non-hydrogen) atoms. The fourth-order valence-corrected chi connectivity index (χ4v) is 4.37. The van der Waals surface area contributed by atoms with E-state index in [1.165, 1.54) is 23.9 Å². The molecular weight excluding hydrogens is 427 g/mol. The standard InChI is InChI=1S/C25H25FN2O3S/c26-19-12-10-18(11-13-19)17-32-25-21(7-5-14-27-25)24(29)28-22-8-1-2-9-23(22)31-16-20-6-3-4-15-30-20/h1-2,5,7-14,20H,3-4,6,15-17H2,(H,28,29). The number of hydrogen-bond acceptors (Lipinski definition) is 5. The van der Waals surface area contributed by atoms with E-state index >= 15 is 0 Å². The van der Waals surface area contributed by atoms with Crippen LogP contribution in [0.15, 0.2) is 71.9 Å². The molecule has 1 aliphatic heterocycles. The van der Waals surface area contributed by atoms with Crippen molar-refractivity contribution in [3.8, 4) is 5.75 Å². The Morgan fingerprint density at radius 1 is 1.12 bits per heavy atom. The van der Waals surface area contributed by atoms with Crippen molar-refractivity contribution in [2.75, 3.05) is 18.5 Å². The van der Waals surface area contributed by atoms with Crippen LogP contribution in [0.5, 0.6) is 5.75 Å². The van der Waals surface area contributed by atoms with Crippen molar-refractivity contribution >= 4 is 23.4 Å². The van der Waals surface area contributed by atoms with Crippen LogP contribution in [0.1, 0.15) is 35.2 Å². The van der Waals surface area contributed by atoms with E-state index in [2.05, 4.69) is 10.3 Å². The number of pyridine rings is 1. The van der Waals surface area contributed by atoms with Gasteiger partial charge in [0.1, 0.15) is 23.2 Å². The van der Waals surface area contributed by atoms with E-state index in [1.54, 1.807) is 30.5 Å². The lowest BCUT2D eigenvalue weighted by molar-refractivity contribution is -0.0109. The summed E-state index contributed by atoms with van der Waals surface area (Å²) in [5.74, 6) is 0.662. The number of carbonyl (C=O) groups excluding carboxylic acids is 1. The van der Waals surface area contributed by atoms with Crippen molar-refractivity contribution in [1.29, 1.82) is 0 Å². The van der Waals surface area contributed by atoms with Gasteiger partial charge in [-0.25, -0.2) is 9.37 Å². The van der Waals surface area contributed by atoms with Gasteiger partial charge in [-0.3, -0.25) is 4.79 Å². The van der Waals surface area contributed by atoms with Gasteiger partial charge in [0.2, 0.25) is 0 Å². The molecule has 0 saturated carbocycles. The topological polar surface area (TPSA) is 60.5 Å². The van der Waals surface area contributed by atoms with Gasteiger partial charge in [0, 0.05) is 18.6 Å². The number of rotatable bonds is 8. The average Bonchev–Trinajstić information content (AvgIpc) is 2.84. The molecule has 2 aromatic carbocycles. The fraction of sp³-hybridized carbons (Fsp3) is 0.280. The molecule has 1 aromatic heterocycles. The minimum Gasteiger partial charge on any atom is -0.489 e. The molecule has 5 nitrogen and oxygen atoms in total. The second-order valence-corrected chi connectivity index (χ2v) is 8.49. The Morgan fingerprint density at radius 3 is 2.78 bits per heavy atom. The van der Waals surface area contributed by atoms with E-state index in [1.807, 2.05) is 24.3 Å². The van der Waals surface area contributed by atoms with E-state index in [9.17, 15) is 9.18 Å². The molecule has 1 atom stereocenters. The first-order valence-electron chi connectivity index (χ1n) is 10.7. The van der Waals surface area contributed by atoms with Crippen molar-refractivity contribution in [2.24, 2.45) is 0 Å². The number of nitrogens with zero attached hydrogens (tertiary/aromatic N) is 1. The number of hydrogen-bond donors (Lipinski definition) is 1. The lowest BCUT2D eigenvalue weighted by Gasteiger charge is -2.23. The molecule has 7 heteroatoms. The van der Waals surface area contributed by atoms with E-state index < -0.39 is 0 Å². The fourth-order valence-electron chi connectivity index (χ4n) is 3.42. The maximum atomic E-state index is 13.1. The van der Waals surface area contributed by atoms with Gasteiger partial charge in [0.05, 0.1) is 17.4 Å². The minimum absolute atomic E-state index is 0.0836. The molecule has 0 aliphatic carbocycles. The summed E-state index contributed by atoms with van der Waals surface area (Å²) in [5.41, 5.74) is 2.04. The van der Waals surface area contributed by atoms with Crippen molar-refractivity contribution in [3.63, 3.8) is 0 Å². The second-order valence-electron chi connectivity index (χ2n) is 7.52. The zero-order valence-electron chi connectivity index (χ0n) is 17.6. The van der Waals surface area contributed by atoms with E-state index in [-0.39, 0.29) is 17.8 Å². The molecule has 0 bridgehead atoms. The van der Waals surface area contributed by atoms with E-state index in [0.717, 1.165) is 31.4 Å². The number of halogens is 1. The summed E-state index contributed by atoms with van der Waals surface area (Å²) in [6, 6.07) is 17.2. The van der Waals surface area contributed by atoms with Crippen LogP contribution in [-0.4, -0.2) is 30.2 Å². The first kappa shape index (κ1) is 22.3. The number of anilines is 1. The summed E-state index contributed by atoms with van der Waals surface area (Å²) in [5, 5.41) is 3.57. The maximum absolute atomic E-state index is 13.1. The Bertz CT molecular complexity index is 1040. The van der Waals surface area contributed by atoms with Gasteiger partial charge in [-0.15, -0.1) is 11.8 Å².